The molecule has 1 heterocycles. The fourth-order valence-corrected chi connectivity index (χ4v) is 4.77. The average Bonchev–Trinajstić information content (AvgIpc) is 3.32. The number of anilines is 1. The van der Waals surface area contributed by atoms with Gasteiger partial charge in [-0.1, -0.05) is 43.8 Å². The van der Waals surface area contributed by atoms with Crippen LogP contribution in [-0.4, -0.2) is 38.8 Å². The monoisotopic (exact) mass is 514 g/mol. The summed E-state index contributed by atoms with van der Waals surface area (Å²) in [6.07, 6.45) is 0. The Morgan fingerprint density at radius 3 is 2.22 bits per heavy atom. The van der Waals surface area contributed by atoms with Crippen molar-refractivity contribution in [3.8, 4) is 22.8 Å². The van der Waals surface area contributed by atoms with Crippen molar-refractivity contribution < 1.29 is 14.3 Å². The number of carbonyl (C=O) groups is 2. The van der Waals surface area contributed by atoms with Gasteiger partial charge >= 0.3 is 0 Å². The van der Waals surface area contributed by atoms with Gasteiger partial charge in [0.15, 0.2) is 16.8 Å². The van der Waals surface area contributed by atoms with Crippen LogP contribution in [0.3, 0.4) is 0 Å². The molecule has 4 rings (SSSR count). The van der Waals surface area contributed by atoms with Crippen LogP contribution in [0.2, 0.25) is 0 Å². The van der Waals surface area contributed by atoms with E-state index < -0.39 is 5.25 Å². The molecule has 190 valence electrons. The number of nitrogens with one attached hydrogen (secondary N) is 1. The van der Waals surface area contributed by atoms with Gasteiger partial charge in [-0.05, 0) is 79.9 Å². The molecular weight excluding hydrogens is 484 g/mol. The third kappa shape index (κ3) is 5.91. The molecule has 0 aliphatic heterocycles. The van der Waals surface area contributed by atoms with Crippen molar-refractivity contribution in [1.29, 1.82) is 0 Å². The van der Waals surface area contributed by atoms with E-state index in [4.69, 9.17) is 4.74 Å². The number of nitrogens with zero attached hydrogens (tertiary/aromatic N) is 3. The summed E-state index contributed by atoms with van der Waals surface area (Å²) in [4.78, 5) is 24.6. The van der Waals surface area contributed by atoms with E-state index in [2.05, 4.69) is 41.5 Å². The van der Waals surface area contributed by atoms with E-state index in [0.29, 0.717) is 22.2 Å². The first-order valence-electron chi connectivity index (χ1n) is 12.1. The molecule has 0 bridgehead atoms. The number of para-hydroxylation sites is 1. The lowest BCUT2D eigenvalue weighted by atomic mass is 10.0. The lowest BCUT2D eigenvalue weighted by molar-refractivity contribution is -0.115. The molecule has 1 N–H and O–H groups in total. The first-order chi connectivity index (χ1) is 17.8. The number of ketones is 1. The molecule has 1 amide bonds. The summed E-state index contributed by atoms with van der Waals surface area (Å²) in [5.74, 6) is 1.53. The van der Waals surface area contributed by atoms with E-state index >= 15 is 0 Å². The van der Waals surface area contributed by atoms with Crippen LogP contribution >= 0.6 is 11.8 Å². The van der Waals surface area contributed by atoms with Gasteiger partial charge in [-0.3, -0.25) is 14.2 Å². The zero-order valence-corrected chi connectivity index (χ0v) is 22.4. The Morgan fingerprint density at radius 1 is 0.919 bits per heavy atom. The number of hydrogen-bond donors (Lipinski definition) is 1. The summed E-state index contributed by atoms with van der Waals surface area (Å²) in [6, 6.07) is 22.7. The summed E-state index contributed by atoms with van der Waals surface area (Å²) in [5, 5.41) is 12.1. The summed E-state index contributed by atoms with van der Waals surface area (Å²) in [7, 11) is 1.63. The molecule has 0 spiro atoms. The van der Waals surface area contributed by atoms with Gasteiger partial charge in [0.25, 0.3) is 0 Å². The summed E-state index contributed by atoms with van der Waals surface area (Å²) < 4.78 is 7.33. The van der Waals surface area contributed by atoms with Gasteiger partial charge in [0.1, 0.15) is 5.75 Å². The van der Waals surface area contributed by atoms with Crippen LogP contribution in [0, 0.1) is 0 Å². The van der Waals surface area contributed by atoms with Gasteiger partial charge < -0.3 is 10.1 Å². The van der Waals surface area contributed by atoms with Crippen LogP contribution in [0.25, 0.3) is 17.1 Å². The van der Waals surface area contributed by atoms with E-state index in [-0.39, 0.29) is 17.6 Å². The molecule has 1 aromatic heterocycles. The minimum Gasteiger partial charge on any atom is -0.497 e. The Balaban J connectivity index is 1.67. The molecule has 1 atom stereocenters. The third-order valence-electron chi connectivity index (χ3n) is 5.99. The van der Waals surface area contributed by atoms with E-state index in [9.17, 15) is 9.59 Å². The average molecular weight is 515 g/mol. The predicted octanol–water partition coefficient (Wildman–Crippen LogP) is 6.39. The molecule has 0 saturated heterocycles. The SMILES string of the molecule is COc1ccc(-c2nnc(SC(C)C(=O)Nc3ccc(C(C)=O)cc3)n2-c2ccccc2C(C)C)cc1. The van der Waals surface area contributed by atoms with Gasteiger partial charge in [-0.2, -0.15) is 0 Å². The smallest absolute Gasteiger partial charge is 0.237 e. The van der Waals surface area contributed by atoms with Crippen LogP contribution in [0.5, 0.6) is 5.75 Å². The molecule has 0 radical (unpaired) electrons. The van der Waals surface area contributed by atoms with Crippen molar-refractivity contribution >= 4 is 29.1 Å². The molecule has 3 aromatic carbocycles. The standard InChI is InChI=1S/C29H30N4O3S/c1-18(2)25-8-6-7-9-26(25)33-27(22-12-16-24(36-5)17-13-22)31-32-29(33)37-20(4)28(35)30-23-14-10-21(11-15-23)19(3)34/h6-18,20H,1-5H3,(H,30,35). The molecule has 0 saturated carbocycles. The minimum atomic E-state index is -0.453. The molecule has 4 aromatic rings. The number of Topliss-reactive ketones (excluding diaryl/α,β-unsaturated/α-hetero) is 1. The molecule has 0 aliphatic rings. The number of ether oxygens (including phenoxy) is 1. The maximum atomic E-state index is 13.0. The highest BCUT2D eigenvalue weighted by Crippen LogP contribution is 2.34. The zero-order valence-electron chi connectivity index (χ0n) is 21.6. The topological polar surface area (TPSA) is 86.1 Å². The van der Waals surface area contributed by atoms with Gasteiger partial charge in [0.2, 0.25) is 5.91 Å². The van der Waals surface area contributed by atoms with Gasteiger partial charge in [0, 0.05) is 16.8 Å². The minimum absolute atomic E-state index is 0.0181. The molecule has 1 unspecified atom stereocenters. The van der Waals surface area contributed by atoms with Crippen LogP contribution in [-0.2, 0) is 4.79 Å². The number of rotatable bonds is 9. The first-order valence-corrected chi connectivity index (χ1v) is 12.9. The molecular formula is C29H30N4O3S. The molecule has 0 aliphatic carbocycles. The number of thioether (sulfide) groups is 1. The Morgan fingerprint density at radius 2 is 1.59 bits per heavy atom. The molecule has 7 nitrogen and oxygen atoms in total. The van der Waals surface area contributed by atoms with E-state index in [1.165, 1.54) is 18.7 Å². The molecule has 37 heavy (non-hydrogen) atoms. The van der Waals surface area contributed by atoms with Crippen molar-refractivity contribution in [3.05, 3.63) is 83.9 Å². The number of carbonyl (C=O) groups excluding carboxylic acids is 2. The number of aromatic nitrogens is 3. The largest absolute Gasteiger partial charge is 0.497 e. The predicted molar refractivity (Wildman–Crippen MR) is 148 cm³/mol. The first kappa shape index (κ1) is 26.2. The quantitative estimate of drug-likeness (QED) is 0.206. The Kier molecular flexibility index (Phi) is 8.08. The maximum absolute atomic E-state index is 13.0. The van der Waals surface area contributed by atoms with Gasteiger partial charge in [-0.15, -0.1) is 10.2 Å². The highest BCUT2D eigenvalue weighted by atomic mass is 32.2. The number of benzene rings is 3. The van der Waals surface area contributed by atoms with E-state index in [1.807, 2.05) is 47.9 Å². The van der Waals surface area contributed by atoms with Crippen LogP contribution in [0.1, 0.15) is 49.5 Å². The third-order valence-corrected chi connectivity index (χ3v) is 7.03. The van der Waals surface area contributed by atoms with Gasteiger partial charge in [-0.25, -0.2) is 0 Å². The lowest BCUT2D eigenvalue weighted by Crippen LogP contribution is -2.23. The fourth-order valence-electron chi connectivity index (χ4n) is 3.91. The van der Waals surface area contributed by atoms with Crippen LogP contribution in [0.4, 0.5) is 5.69 Å². The Hall–Kier alpha value is -3.91. The normalized spacial score (nSPS) is 11.8. The van der Waals surface area contributed by atoms with E-state index in [0.717, 1.165) is 22.6 Å². The Bertz CT molecular complexity index is 1400. The van der Waals surface area contributed by atoms with Crippen LogP contribution in [0.15, 0.2) is 78.0 Å². The summed E-state index contributed by atoms with van der Waals surface area (Å²) in [6.45, 7) is 7.65. The Labute approximate surface area is 221 Å². The molecule has 0 fully saturated rings. The van der Waals surface area contributed by atoms with Crippen LogP contribution < -0.4 is 10.1 Å². The number of hydrogen-bond acceptors (Lipinski definition) is 6. The highest BCUT2D eigenvalue weighted by Gasteiger charge is 2.24. The van der Waals surface area contributed by atoms with E-state index in [1.54, 1.807) is 31.4 Å². The van der Waals surface area contributed by atoms with Crippen molar-refractivity contribution in [2.45, 2.75) is 44.0 Å². The number of methoxy groups -OCH3 is 1. The van der Waals surface area contributed by atoms with Crippen molar-refractivity contribution in [1.82, 2.24) is 14.8 Å². The second kappa shape index (κ2) is 11.4. The second-order valence-corrected chi connectivity index (χ2v) is 10.3. The fraction of sp³-hybridized carbons (Fsp3) is 0.241. The maximum Gasteiger partial charge on any atom is 0.237 e. The van der Waals surface area contributed by atoms with Crippen molar-refractivity contribution in [3.63, 3.8) is 0 Å². The van der Waals surface area contributed by atoms with Gasteiger partial charge in [0.05, 0.1) is 18.0 Å². The highest BCUT2D eigenvalue weighted by molar-refractivity contribution is 8.00. The summed E-state index contributed by atoms with van der Waals surface area (Å²) in [5.41, 5.74) is 4.25. The van der Waals surface area contributed by atoms with Crippen molar-refractivity contribution in [2.75, 3.05) is 12.4 Å². The van der Waals surface area contributed by atoms with Crippen molar-refractivity contribution in [2.24, 2.45) is 0 Å². The molecule has 8 heteroatoms. The lowest BCUT2D eigenvalue weighted by Gasteiger charge is -2.18. The summed E-state index contributed by atoms with van der Waals surface area (Å²) >= 11 is 1.34. The zero-order chi connectivity index (χ0) is 26.5. The second-order valence-electron chi connectivity index (χ2n) is 8.97. The number of amides is 1.